The van der Waals surface area contributed by atoms with Gasteiger partial charge in [-0.15, -0.1) is 0 Å². The first-order chi connectivity index (χ1) is 8.99. The Morgan fingerprint density at radius 2 is 2.32 bits per heavy atom. The summed E-state index contributed by atoms with van der Waals surface area (Å²) in [5.74, 6) is -0.770. The molecule has 0 spiro atoms. The van der Waals surface area contributed by atoms with Crippen LogP contribution in [0.3, 0.4) is 0 Å². The maximum absolute atomic E-state index is 11.8. The average Bonchev–Trinajstić information content (AvgIpc) is 2.75. The average molecular weight is 299 g/mol. The van der Waals surface area contributed by atoms with E-state index >= 15 is 0 Å². The number of nitrogens with zero attached hydrogens (tertiary/aromatic N) is 4. The first-order valence-electron chi connectivity index (χ1n) is 4.80. The molecule has 0 atom stereocenters. The Kier molecular flexibility index (Phi) is 3.58. The van der Waals surface area contributed by atoms with Crippen molar-refractivity contribution >= 4 is 35.7 Å². The Morgan fingerprint density at radius 1 is 1.58 bits per heavy atom. The summed E-state index contributed by atoms with van der Waals surface area (Å²) in [6.07, 6.45) is 2.43. The largest absolute Gasteiger partial charge is 0.867 e. The summed E-state index contributed by atoms with van der Waals surface area (Å²) in [4.78, 5) is 9.88. The van der Waals surface area contributed by atoms with E-state index in [0.717, 1.165) is 12.3 Å². The van der Waals surface area contributed by atoms with Crippen LogP contribution in [0.4, 0.5) is 5.69 Å². The van der Waals surface area contributed by atoms with Crippen molar-refractivity contribution in [2.75, 3.05) is 0 Å². The fourth-order valence-electron chi connectivity index (χ4n) is 1.28. The summed E-state index contributed by atoms with van der Waals surface area (Å²) >= 11 is 10.6. The highest BCUT2D eigenvalue weighted by Crippen LogP contribution is 2.29. The molecule has 0 fully saturated rings. The van der Waals surface area contributed by atoms with Crippen molar-refractivity contribution < 1.29 is 10.0 Å². The van der Waals surface area contributed by atoms with Gasteiger partial charge in [0, 0.05) is 11.1 Å². The molecule has 1 aromatic carbocycles. The lowest BCUT2D eigenvalue weighted by Gasteiger charge is -2.10. The number of nitrogens with one attached hydrogen (secondary N) is 1. The molecule has 2 aromatic rings. The van der Waals surface area contributed by atoms with Gasteiger partial charge in [0.25, 0.3) is 5.69 Å². The van der Waals surface area contributed by atoms with Crippen molar-refractivity contribution in [2.45, 2.75) is 0 Å². The number of hydrogen-bond acceptors (Lipinski definition) is 6. The second-order valence-corrected chi connectivity index (χ2v) is 4.17. The van der Waals surface area contributed by atoms with Crippen LogP contribution in [-0.2, 0) is 0 Å². The summed E-state index contributed by atoms with van der Waals surface area (Å²) in [6.45, 7) is 0. The monoisotopic (exact) mass is 298 g/mol. The Hall–Kier alpha value is -2.26. The first kappa shape index (κ1) is 13.2. The van der Waals surface area contributed by atoms with Gasteiger partial charge in [0.1, 0.15) is 6.33 Å². The molecule has 98 valence electrons. The van der Waals surface area contributed by atoms with Gasteiger partial charge in [-0.1, -0.05) is 11.6 Å². The molecule has 0 saturated carbocycles. The van der Waals surface area contributed by atoms with Crippen molar-refractivity contribution in [3.05, 3.63) is 43.9 Å². The Morgan fingerprint density at radius 3 is 2.89 bits per heavy atom. The molecule has 1 heterocycles. The van der Waals surface area contributed by atoms with E-state index in [9.17, 15) is 15.2 Å². The number of aromatic nitrogens is 3. The van der Waals surface area contributed by atoms with Crippen molar-refractivity contribution in [3.8, 4) is 5.75 Å². The molecule has 19 heavy (non-hydrogen) atoms. The zero-order valence-electron chi connectivity index (χ0n) is 9.11. The van der Waals surface area contributed by atoms with Crippen LogP contribution in [0.1, 0.15) is 5.56 Å². The normalized spacial score (nSPS) is 11.0. The number of rotatable bonds is 3. The van der Waals surface area contributed by atoms with E-state index in [1.165, 1.54) is 17.1 Å². The Balaban J connectivity index is 2.46. The maximum atomic E-state index is 11.8. The van der Waals surface area contributed by atoms with Crippen LogP contribution in [-0.4, -0.2) is 26.0 Å². The predicted octanol–water partition coefficient (Wildman–Crippen LogP) is 1.46. The number of benzene rings is 1. The molecule has 0 radical (unpaired) electrons. The highest BCUT2D eigenvalue weighted by molar-refractivity contribution is 7.71. The zero-order chi connectivity index (χ0) is 14.0. The first-order valence-corrected chi connectivity index (χ1v) is 5.59. The van der Waals surface area contributed by atoms with Gasteiger partial charge >= 0.3 is 0 Å². The molecule has 10 heteroatoms. The molecule has 0 aliphatic rings. The van der Waals surface area contributed by atoms with Crippen LogP contribution >= 0.6 is 23.8 Å². The summed E-state index contributed by atoms with van der Waals surface area (Å²) in [5, 5.41) is 32.4. The predicted molar refractivity (Wildman–Crippen MR) is 68.0 cm³/mol. The number of nitro benzene ring substituents is 1. The van der Waals surface area contributed by atoms with E-state index in [1.807, 2.05) is 0 Å². The summed E-state index contributed by atoms with van der Waals surface area (Å²) in [7, 11) is 0. The van der Waals surface area contributed by atoms with E-state index < -0.39 is 16.4 Å². The quantitative estimate of drug-likeness (QED) is 0.399. The summed E-state index contributed by atoms with van der Waals surface area (Å²) in [5.41, 5.74) is -0.618. The van der Waals surface area contributed by atoms with Gasteiger partial charge in [-0.05, 0) is 29.6 Å². The van der Waals surface area contributed by atoms with E-state index in [2.05, 4.69) is 15.3 Å². The Labute approximate surface area is 116 Å². The van der Waals surface area contributed by atoms with Gasteiger partial charge in [-0.3, -0.25) is 15.2 Å². The lowest BCUT2D eigenvalue weighted by Crippen LogP contribution is -2.02. The van der Waals surface area contributed by atoms with Crippen molar-refractivity contribution in [2.24, 2.45) is 5.10 Å². The number of nitro groups is 1. The molecular formula is C9H5ClN5O3S-. The number of H-pyrrole nitrogens is 1. The molecule has 0 amide bonds. The zero-order valence-corrected chi connectivity index (χ0v) is 10.7. The smallest absolute Gasteiger partial charge is 0.263 e. The van der Waals surface area contributed by atoms with Gasteiger partial charge in [-0.2, -0.15) is 14.9 Å². The lowest BCUT2D eigenvalue weighted by molar-refractivity contribution is -0.398. The number of aromatic amines is 1. The molecule has 0 aliphatic heterocycles. The van der Waals surface area contributed by atoms with E-state index in [4.69, 9.17) is 23.8 Å². The summed E-state index contributed by atoms with van der Waals surface area (Å²) < 4.78 is 1.42. The van der Waals surface area contributed by atoms with Crippen LogP contribution in [0.5, 0.6) is 5.75 Å². The number of hydrogen-bond donors (Lipinski definition) is 1. The van der Waals surface area contributed by atoms with Gasteiger partial charge in [0.15, 0.2) is 0 Å². The Bertz CT molecular complexity index is 723. The van der Waals surface area contributed by atoms with E-state index in [0.29, 0.717) is 0 Å². The van der Waals surface area contributed by atoms with Crippen LogP contribution in [0.15, 0.2) is 23.6 Å². The second-order valence-electron chi connectivity index (χ2n) is 3.35. The molecule has 0 unspecified atom stereocenters. The highest BCUT2D eigenvalue weighted by atomic mass is 35.5. The van der Waals surface area contributed by atoms with Gasteiger partial charge < -0.3 is 5.11 Å². The standard InChI is InChI=1S/C9H6ClN5O3S/c10-6-1-5(8(16)7(2-6)15(17)18)3-12-14-4-11-13-9(14)19/h1-4,16H,(H,13,19)/p-1/b12-3-. The fourth-order valence-corrected chi connectivity index (χ4v) is 1.65. The molecular weight excluding hydrogens is 294 g/mol. The third-order valence-corrected chi connectivity index (χ3v) is 2.61. The number of halogens is 1. The summed E-state index contributed by atoms with van der Waals surface area (Å²) in [6, 6.07) is 2.27. The topological polar surface area (TPSA) is 112 Å². The second kappa shape index (κ2) is 5.16. The van der Waals surface area contributed by atoms with E-state index in [1.54, 1.807) is 0 Å². The minimum Gasteiger partial charge on any atom is -0.867 e. The van der Waals surface area contributed by atoms with E-state index in [-0.39, 0.29) is 15.4 Å². The van der Waals surface area contributed by atoms with Crippen LogP contribution in [0.2, 0.25) is 5.02 Å². The van der Waals surface area contributed by atoms with Crippen molar-refractivity contribution in [1.82, 2.24) is 14.9 Å². The molecule has 0 aliphatic carbocycles. The molecule has 2 rings (SSSR count). The third kappa shape index (κ3) is 2.77. The molecule has 1 aromatic heterocycles. The molecule has 1 N–H and O–H groups in total. The van der Waals surface area contributed by atoms with Gasteiger partial charge in [0.2, 0.25) is 4.77 Å². The van der Waals surface area contributed by atoms with Crippen LogP contribution in [0, 0.1) is 14.9 Å². The highest BCUT2D eigenvalue weighted by Gasteiger charge is 2.11. The fraction of sp³-hybridized carbons (Fsp3) is 0. The molecule has 0 saturated heterocycles. The van der Waals surface area contributed by atoms with Gasteiger partial charge in [0.05, 0.1) is 11.1 Å². The van der Waals surface area contributed by atoms with Crippen molar-refractivity contribution in [1.29, 1.82) is 0 Å². The van der Waals surface area contributed by atoms with Crippen molar-refractivity contribution in [3.63, 3.8) is 0 Å². The lowest BCUT2D eigenvalue weighted by atomic mass is 10.2. The SMILES string of the molecule is O=[N+]([O-])c1cc(Cl)cc(/C=N\n2cn[nH]c2=S)c1[O-]. The third-order valence-electron chi connectivity index (χ3n) is 2.12. The minimum atomic E-state index is -0.797. The van der Waals surface area contributed by atoms with Crippen LogP contribution < -0.4 is 5.11 Å². The minimum absolute atomic E-state index is 0.0118. The molecule has 8 nitrogen and oxygen atoms in total. The van der Waals surface area contributed by atoms with Gasteiger partial charge in [-0.25, -0.2) is 0 Å². The molecule has 0 bridgehead atoms. The maximum Gasteiger partial charge on any atom is 0.263 e. The van der Waals surface area contributed by atoms with Crippen LogP contribution in [0.25, 0.3) is 0 Å².